The normalized spacial score (nSPS) is 17.3. The van der Waals surface area contributed by atoms with E-state index in [9.17, 15) is 4.79 Å². The van der Waals surface area contributed by atoms with Crippen LogP contribution < -0.4 is 9.64 Å². The summed E-state index contributed by atoms with van der Waals surface area (Å²) in [5.74, 6) is 1.66. The van der Waals surface area contributed by atoms with Crippen molar-refractivity contribution in [3.63, 3.8) is 0 Å². The van der Waals surface area contributed by atoms with Gasteiger partial charge < -0.3 is 19.4 Å². The van der Waals surface area contributed by atoms with Gasteiger partial charge in [-0.15, -0.1) is 11.3 Å². The quantitative estimate of drug-likeness (QED) is 0.222. The van der Waals surface area contributed by atoms with Gasteiger partial charge in [0.25, 0.3) is 5.91 Å². The lowest BCUT2D eigenvalue weighted by atomic mass is 9.89. The molecule has 2 aromatic carbocycles. The average Bonchev–Trinajstić information content (AvgIpc) is 3.31. The Hall–Kier alpha value is -3.13. The van der Waals surface area contributed by atoms with Gasteiger partial charge >= 0.3 is 0 Å². The number of carbonyl (C=O) groups excluding carboxylic acids is 1. The molecule has 5 rings (SSSR count). The van der Waals surface area contributed by atoms with Crippen LogP contribution in [0, 0.1) is 0 Å². The second kappa shape index (κ2) is 12.2. The van der Waals surface area contributed by atoms with Crippen molar-refractivity contribution in [2.75, 3.05) is 40.2 Å². The Morgan fingerprint density at radius 2 is 1.68 bits per heavy atom. The summed E-state index contributed by atoms with van der Waals surface area (Å²) in [6, 6.07) is 18.9. The molecule has 0 aliphatic heterocycles. The highest BCUT2D eigenvalue weighted by Gasteiger charge is 2.33. The third-order valence-corrected chi connectivity index (χ3v) is 9.65. The summed E-state index contributed by atoms with van der Waals surface area (Å²) in [6.45, 7) is 0.445. The SMILES string of the molecule is COc1ccc(-c2ccc(N(C)C)nc2)cc1CN(C(=O)c1sc2ccccc2c1Cl)[C@H]1CC[C@H](N(C)C)CC1. The first kappa shape index (κ1) is 28.4. The van der Waals surface area contributed by atoms with Crippen LogP contribution in [0.15, 0.2) is 60.8 Å². The van der Waals surface area contributed by atoms with Crippen LogP contribution in [-0.4, -0.2) is 68.1 Å². The molecule has 0 unspecified atom stereocenters. The van der Waals surface area contributed by atoms with Crippen molar-refractivity contribution in [3.8, 4) is 16.9 Å². The number of thiophene rings is 1. The van der Waals surface area contributed by atoms with Gasteiger partial charge in [-0.2, -0.15) is 0 Å². The third-order valence-electron chi connectivity index (χ3n) is 7.99. The molecule has 1 saturated carbocycles. The Morgan fingerprint density at radius 1 is 0.975 bits per heavy atom. The molecule has 1 aliphatic rings. The first-order valence-corrected chi connectivity index (χ1v) is 14.9. The van der Waals surface area contributed by atoms with Gasteiger partial charge in [-0.3, -0.25) is 4.79 Å². The molecule has 0 atom stereocenters. The molecule has 1 amide bonds. The zero-order valence-electron chi connectivity index (χ0n) is 23.9. The van der Waals surface area contributed by atoms with Crippen molar-refractivity contribution in [2.45, 2.75) is 44.3 Å². The number of aromatic nitrogens is 1. The van der Waals surface area contributed by atoms with E-state index in [1.165, 1.54) is 11.3 Å². The van der Waals surface area contributed by atoms with Crippen LogP contribution in [0.1, 0.15) is 40.9 Å². The van der Waals surface area contributed by atoms with E-state index >= 15 is 0 Å². The van der Waals surface area contributed by atoms with Crippen LogP contribution in [0.4, 0.5) is 5.82 Å². The van der Waals surface area contributed by atoms with Gasteiger partial charge in [-0.1, -0.05) is 35.9 Å². The fourth-order valence-electron chi connectivity index (χ4n) is 5.62. The number of ether oxygens (including phenoxy) is 1. The Morgan fingerprint density at radius 3 is 2.30 bits per heavy atom. The van der Waals surface area contributed by atoms with Crippen LogP contribution in [0.25, 0.3) is 21.2 Å². The highest BCUT2D eigenvalue weighted by Crippen LogP contribution is 2.38. The lowest BCUT2D eigenvalue weighted by Gasteiger charge is -2.39. The number of rotatable bonds is 8. The van der Waals surface area contributed by atoms with Crippen molar-refractivity contribution >= 4 is 44.7 Å². The van der Waals surface area contributed by atoms with Crippen molar-refractivity contribution in [1.82, 2.24) is 14.8 Å². The Kier molecular flexibility index (Phi) is 8.64. The van der Waals surface area contributed by atoms with E-state index in [2.05, 4.69) is 36.1 Å². The van der Waals surface area contributed by atoms with Crippen LogP contribution in [-0.2, 0) is 6.54 Å². The zero-order valence-corrected chi connectivity index (χ0v) is 25.4. The number of anilines is 1. The second-order valence-corrected chi connectivity index (χ2v) is 12.4. The number of halogens is 1. The maximum Gasteiger partial charge on any atom is 0.266 e. The molecule has 0 radical (unpaired) electrons. The van der Waals surface area contributed by atoms with E-state index in [0.717, 1.165) is 64.0 Å². The summed E-state index contributed by atoms with van der Waals surface area (Å²) in [5, 5.41) is 1.48. The molecular formula is C32H37ClN4O2S. The summed E-state index contributed by atoms with van der Waals surface area (Å²) in [6.07, 6.45) is 5.92. The number of hydrogen-bond donors (Lipinski definition) is 0. The van der Waals surface area contributed by atoms with E-state index in [1.54, 1.807) is 7.11 Å². The largest absolute Gasteiger partial charge is 0.496 e. The summed E-state index contributed by atoms with van der Waals surface area (Å²) < 4.78 is 6.82. The third kappa shape index (κ3) is 5.82. The molecule has 0 bridgehead atoms. The Balaban J connectivity index is 1.51. The molecule has 2 aromatic heterocycles. The second-order valence-electron chi connectivity index (χ2n) is 10.9. The fraction of sp³-hybridized carbons (Fsp3) is 0.375. The van der Waals surface area contributed by atoms with Gasteiger partial charge in [0.1, 0.15) is 16.4 Å². The predicted molar refractivity (Wildman–Crippen MR) is 167 cm³/mol. The van der Waals surface area contributed by atoms with Gasteiger partial charge in [0.05, 0.1) is 12.1 Å². The van der Waals surface area contributed by atoms with Crippen molar-refractivity contribution < 1.29 is 9.53 Å². The first-order valence-electron chi connectivity index (χ1n) is 13.7. The van der Waals surface area contributed by atoms with E-state index in [4.69, 9.17) is 16.3 Å². The molecule has 2 heterocycles. The molecule has 0 spiro atoms. The minimum Gasteiger partial charge on any atom is -0.496 e. The number of benzene rings is 2. The Labute approximate surface area is 246 Å². The maximum absolute atomic E-state index is 14.3. The standard InChI is InChI=1S/C32H37ClN4O2S/c1-35(2)24-12-14-25(15-13-24)37(32(38)31-30(33)26-8-6-7-9-28(26)40-31)20-23-18-21(10-16-27(23)39-5)22-11-17-29(34-19-22)36(3)4/h6-11,16-19,24-25H,12-15,20H2,1-5H3/t24-,25-. The highest BCUT2D eigenvalue weighted by molar-refractivity contribution is 7.21. The fourth-order valence-corrected chi connectivity index (χ4v) is 7.09. The van der Waals surface area contributed by atoms with Gasteiger partial charge in [0.15, 0.2) is 0 Å². The predicted octanol–water partition coefficient (Wildman–Crippen LogP) is 7.21. The van der Waals surface area contributed by atoms with Crippen LogP contribution in [0.2, 0.25) is 5.02 Å². The molecule has 4 aromatic rings. The maximum atomic E-state index is 14.3. The minimum absolute atomic E-state index is 0.0102. The van der Waals surface area contributed by atoms with Crippen molar-refractivity contribution in [3.05, 3.63) is 76.3 Å². The summed E-state index contributed by atoms with van der Waals surface area (Å²) in [5.41, 5.74) is 3.03. The lowest BCUT2D eigenvalue weighted by Crippen LogP contribution is -2.44. The number of nitrogens with zero attached hydrogens (tertiary/aromatic N) is 4. The van der Waals surface area contributed by atoms with Gasteiger partial charge in [0.2, 0.25) is 0 Å². The summed E-state index contributed by atoms with van der Waals surface area (Å²) in [4.78, 5) is 25.8. The molecule has 6 nitrogen and oxygen atoms in total. The molecule has 210 valence electrons. The number of carbonyl (C=O) groups is 1. The molecule has 0 saturated heterocycles. The van der Waals surface area contributed by atoms with Gasteiger partial charge in [-0.25, -0.2) is 4.98 Å². The van der Waals surface area contributed by atoms with Crippen molar-refractivity contribution in [1.29, 1.82) is 0 Å². The average molecular weight is 577 g/mol. The molecule has 8 heteroatoms. The molecule has 1 aliphatic carbocycles. The van der Waals surface area contributed by atoms with E-state index in [1.807, 2.05) is 72.6 Å². The van der Waals surface area contributed by atoms with E-state index in [-0.39, 0.29) is 11.9 Å². The first-order chi connectivity index (χ1) is 19.3. The monoisotopic (exact) mass is 576 g/mol. The zero-order chi connectivity index (χ0) is 28.4. The van der Waals surface area contributed by atoms with Crippen LogP contribution >= 0.6 is 22.9 Å². The Bertz CT molecular complexity index is 1480. The topological polar surface area (TPSA) is 48.9 Å². The summed E-state index contributed by atoms with van der Waals surface area (Å²) >= 11 is 8.30. The molecule has 1 fully saturated rings. The van der Waals surface area contributed by atoms with Gasteiger partial charge in [-0.05, 0) is 75.7 Å². The van der Waals surface area contributed by atoms with E-state index in [0.29, 0.717) is 22.5 Å². The number of amides is 1. The highest BCUT2D eigenvalue weighted by atomic mass is 35.5. The van der Waals surface area contributed by atoms with Crippen molar-refractivity contribution in [2.24, 2.45) is 0 Å². The van der Waals surface area contributed by atoms with E-state index < -0.39 is 0 Å². The minimum atomic E-state index is -0.0102. The number of hydrogen-bond acceptors (Lipinski definition) is 6. The summed E-state index contributed by atoms with van der Waals surface area (Å²) in [7, 11) is 9.92. The molecule has 0 N–H and O–H groups in total. The number of fused-ring (bicyclic) bond motifs is 1. The van der Waals surface area contributed by atoms with Gasteiger partial charge in [0, 0.05) is 60.1 Å². The molecule has 40 heavy (non-hydrogen) atoms. The number of methoxy groups -OCH3 is 1. The molecular weight excluding hydrogens is 540 g/mol. The smallest absolute Gasteiger partial charge is 0.266 e. The van der Waals surface area contributed by atoms with Crippen LogP contribution in [0.5, 0.6) is 5.75 Å². The lowest BCUT2D eigenvalue weighted by molar-refractivity contribution is 0.0573. The number of pyridine rings is 1. The van der Waals surface area contributed by atoms with Crippen LogP contribution in [0.3, 0.4) is 0 Å².